The van der Waals surface area contributed by atoms with E-state index in [-0.39, 0.29) is 0 Å². The predicted octanol–water partition coefficient (Wildman–Crippen LogP) is 9.34. The van der Waals surface area contributed by atoms with Crippen LogP contribution in [0.2, 0.25) is 0 Å². The van der Waals surface area contributed by atoms with Gasteiger partial charge in [0.25, 0.3) is 0 Å². The fourth-order valence-corrected chi connectivity index (χ4v) is 6.27. The van der Waals surface area contributed by atoms with Crippen LogP contribution in [0.15, 0.2) is 18.2 Å². The maximum atomic E-state index is 6.25. The SMILES string of the molecule is CCCCCCCCCCCCCOc1ccc2c(c1)N(C(C)C)C(C1CCCC1)N2C(C)C. The summed E-state index contributed by atoms with van der Waals surface area (Å²) in [7, 11) is 0. The highest BCUT2D eigenvalue weighted by Gasteiger charge is 2.43. The summed E-state index contributed by atoms with van der Waals surface area (Å²) in [6.07, 6.45) is 21.1. The van der Waals surface area contributed by atoms with Gasteiger partial charge in [-0.15, -0.1) is 0 Å². The molecular weight excluding hydrogens is 416 g/mol. The largest absolute Gasteiger partial charge is 0.494 e. The van der Waals surface area contributed by atoms with Crippen LogP contribution in [-0.4, -0.2) is 24.9 Å². The number of rotatable bonds is 16. The van der Waals surface area contributed by atoms with Crippen LogP contribution < -0.4 is 14.5 Å². The van der Waals surface area contributed by atoms with E-state index in [1.807, 2.05) is 0 Å². The van der Waals surface area contributed by atoms with Gasteiger partial charge in [-0.3, -0.25) is 0 Å². The molecule has 1 heterocycles. The van der Waals surface area contributed by atoms with Crippen LogP contribution >= 0.6 is 0 Å². The van der Waals surface area contributed by atoms with Gasteiger partial charge in [0.1, 0.15) is 11.9 Å². The first-order chi connectivity index (χ1) is 16.5. The molecule has 1 aliphatic carbocycles. The van der Waals surface area contributed by atoms with Gasteiger partial charge in [-0.25, -0.2) is 0 Å². The molecule has 1 aliphatic heterocycles. The molecule has 0 amide bonds. The first-order valence-electron chi connectivity index (χ1n) is 14.9. The number of benzene rings is 1. The number of ether oxygens (including phenoxy) is 1. The van der Waals surface area contributed by atoms with Crippen LogP contribution in [0, 0.1) is 5.92 Å². The first-order valence-corrected chi connectivity index (χ1v) is 14.9. The fraction of sp³-hybridized carbons (Fsp3) is 0.806. The Morgan fingerprint density at radius 3 is 1.82 bits per heavy atom. The molecule has 0 spiro atoms. The normalized spacial score (nSPS) is 18.5. The molecule has 1 aromatic carbocycles. The predicted molar refractivity (Wildman–Crippen MR) is 149 cm³/mol. The molecule has 3 nitrogen and oxygen atoms in total. The molecule has 3 rings (SSSR count). The molecule has 1 saturated carbocycles. The Kier molecular flexibility index (Phi) is 11.4. The zero-order valence-corrected chi connectivity index (χ0v) is 23.2. The number of hydrogen-bond acceptors (Lipinski definition) is 3. The van der Waals surface area contributed by atoms with Crippen molar-refractivity contribution in [3.63, 3.8) is 0 Å². The lowest BCUT2D eigenvalue weighted by molar-refractivity contribution is 0.304. The molecule has 0 bridgehead atoms. The van der Waals surface area contributed by atoms with Crippen LogP contribution in [0.4, 0.5) is 11.4 Å². The highest BCUT2D eigenvalue weighted by Crippen LogP contribution is 2.48. The summed E-state index contributed by atoms with van der Waals surface area (Å²) in [6.45, 7) is 12.6. The van der Waals surface area contributed by atoms with Gasteiger partial charge >= 0.3 is 0 Å². The van der Waals surface area contributed by atoms with Gasteiger partial charge in [0, 0.05) is 18.2 Å². The van der Waals surface area contributed by atoms with Crippen molar-refractivity contribution in [2.24, 2.45) is 5.92 Å². The molecule has 1 atom stereocenters. The van der Waals surface area contributed by atoms with E-state index >= 15 is 0 Å². The van der Waals surface area contributed by atoms with Gasteiger partial charge < -0.3 is 14.5 Å². The third-order valence-corrected chi connectivity index (χ3v) is 8.02. The van der Waals surface area contributed by atoms with E-state index in [2.05, 4.69) is 62.6 Å². The summed E-state index contributed by atoms with van der Waals surface area (Å²) in [5.74, 6) is 1.82. The lowest BCUT2D eigenvalue weighted by atomic mass is 10.0. The van der Waals surface area contributed by atoms with E-state index in [1.54, 1.807) is 0 Å². The van der Waals surface area contributed by atoms with Gasteiger partial charge in [0.15, 0.2) is 0 Å². The summed E-state index contributed by atoms with van der Waals surface area (Å²) >= 11 is 0. The van der Waals surface area contributed by atoms with Gasteiger partial charge in [-0.2, -0.15) is 0 Å². The van der Waals surface area contributed by atoms with Crippen LogP contribution in [0.25, 0.3) is 0 Å². The molecule has 34 heavy (non-hydrogen) atoms. The number of anilines is 2. The molecule has 3 heteroatoms. The molecule has 1 fully saturated rings. The lowest BCUT2D eigenvalue weighted by Gasteiger charge is -2.41. The second-order valence-electron chi connectivity index (χ2n) is 11.5. The van der Waals surface area contributed by atoms with Gasteiger partial charge in [0.2, 0.25) is 0 Å². The third kappa shape index (κ3) is 7.31. The van der Waals surface area contributed by atoms with Gasteiger partial charge in [-0.05, 0) is 65.0 Å². The molecule has 1 aromatic rings. The maximum absolute atomic E-state index is 6.25. The van der Waals surface area contributed by atoms with Crippen LogP contribution in [0.3, 0.4) is 0 Å². The molecule has 1 unspecified atom stereocenters. The van der Waals surface area contributed by atoms with Crippen molar-refractivity contribution < 1.29 is 4.74 Å². The Hall–Kier alpha value is -1.38. The average molecular weight is 471 g/mol. The third-order valence-electron chi connectivity index (χ3n) is 8.02. The lowest BCUT2D eigenvalue weighted by Crippen LogP contribution is -2.52. The van der Waals surface area contributed by atoms with Crippen molar-refractivity contribution in [1.82, 2.24) is 0 Å². The van der Waals surface area contributed by atoms with E-state index < -0.39 is 0 Å². The second kappa shape index (κ2) is 14.2. The fourth-order valence-electron chi connectivity index (χ4n) is 6.27. The Bertz CT molecular complexity index is 695. The Morgan fingerprint density at radius 1 is 0.735 bits per heavy atom. The van der Waals surface area contributed by atoms with E-state index in [1.165, 1.54) is 108 Å². The van der Waals surface area contributed by atoms with Crippen molar-refractivity contribution in [1.29, 1.82) is 0 Å². The highest BCUT2D eigenvalue weighted by molar-refractivity contribution is 5.80. The monoisotopic (exact) mass is 470 g/mol. The maximum Gasteiger partial charge on any atom is 0.121 e. The molecule has 0 N–H and O–H groups in total. The summed E-state index contributed by atoms with van der Waals surface area (Å²) < 4.78 is 6.25. The summed E-state index contributed by atoms with van der Waals surface area (Å²) in [5, 5.41) is 0. The minimum absolute atomic E-state index is 0.495. The number of hydrogen-bond donors (Lipinski definition) is 0. The molecule has 0 aromatic heterocycles. The number of nitrogens with zero attached hydrogens (tertiary/aromatic N) is 2. The highest BCUT2D eigenvalue weighted by atomic mass is 16.5. The minimum atomic E-state index is 0.495. The van der Waals surface area contributed by atoms with Gasteiger partial charge in [0.05, 0.1) is 18.0 Å². The number of unbranched alkanes of at least 4 members (excludes halogenated alkanes) is 10. The van der Waals surface area contributed by atoms with Crippen molar-refractivity contribution in [3.05, 3.63) is 18.2 Å². The molecule has 0 radical (unpaired) electrons. The summed E-state index contributed by atoms with van der Waals surface area (Å²) in [4.78, 5) is 5.39. The van der Waals surface area contributed by atoms with Crippen molar-refractivity contribution in [2.45, 2.75) is 149 Å². The van der Waals surface area contributed by atoms with Crippen LogP contribution in [0.5, 0.6) is 5.75 Å². The van der Waals surface area contributed by atoms with Crippen LogP contribution in [0.1, 0.15) is 131 Å². The Labute approximate surface area is 211 Å². The summed E-state index contributed by atoms with van der Waals surface area (Å²) in [6, 6.07) is 7.88. The number of fused-ring (bicyclic) bond motifs is 1. The molecule has 0 saturated heterocycles. The Balaban J connectivity index is 1.46. The standard InChI is InChI=1S/C31H54N2O/c1-6-7-8-9-10-11-12-13-14-15-18-23-34-28-21-22-29-30(24-28)33(26(4)5)31(32(29)25(2)3)27-19-16-17-20-27/h21-22,24-27,31H,6-20,23H2,1-5H3. The second-order valence-corrected chi connectivity index (χ2v) is 11.5. The zero-order valence-electron chi connectivity index (χ0n) is 23.2. The average Bonchev–Trinajstić information content (AvgIpc) is 3.45. The van der Waals surface area contributed by atoms with Gasteiger partial charge in [-0.1, -0.05) is 84.0 Å². The van der Waals surface area contributed by atoms with E-state index in [4.69, 9.17) is 4.74 Å². The van der Waals surface area contributed by atoms with Crippen LogP contribution in [-0.2, 0) is 0 Å². The van der Waals surface area contributed by atoms with Crippen molar-refractivity contribution in [2.75, 3.05) is 16.4 Å². The van der Waals surface area contributed by atoms with E-state index in [9.17, 15) is 0 Å². The molecular formula is C31H54N2O. The minimum Gasteiger partial charge on any atom is -0.494 e. The molecule has 194 valence electrons. The Morgan fingerprint density at radius 2 is 1.26 bits per heavy atom. The van der Waals surface area contributed by atoms with E-state index in [0.29, 0.717) is 18.2 Å². The zero-order chi connectivity index (χ0) is 24.3. The van der Waals surface area contributed by atoms with Crippen molar-refractivity contribution in [3.8, 4) is 5.75 Å². The summed E-state index contributed by atoms with van der Waals surface area (Å²) in [5.41, 5.74) is 2.79. The van der Waals surface area contributed by atoms with Crippen molar-refractivity contribution >= 4 is 11.4 Å². The molecule has 2 aliphatic rings. The topological polar surface area (TPSA) is 15.7 Å². The quantitative estimate of drug-likeness (QED) is 0.224. The first kappa shape index (κ1) is 27.2. The smallest absolute Gasteiger partial charge is 0.121 e. The van der Waals surface area contributed by atoms with E-state index in [0.717, 1.165) is 18.3 Å².